The number of halogens is 2. The first-order valence-corrected chi connectivity index (χ1v) is 8.16. The van der Waals surface area contributed by atoms with Crippen molar-refractivity contribution >= 4 is 53.5 Å². The largest absolute Gasteiger partial charge is 0.469 e. The molecule has 1 aromatic rings. The van der Waals surface area contributed by atoms with Gasteiger partial charge in [-0.3, -0.25) is 4.79 Å². The van der Waals surface area contributed by atoms with E-state index in [1.54, 1.807) is 0 Å². The summed E-state index contributed by atoms with van der Waals surface area (Å²) >= 11 is 6.29. The van der Waals surface area contributed by atoms with Crippen molar-refractivity contribution in [1.82, 2.24) is 4.72 Å². The fourth-order valence-electron chi connectivity index (χ4n) is 1.30. The number of hydrogen-bond acceptors (Lipinski definition) is 5. The molecular weight excluding hydrogens is 404 g/mol. The van der Waals surface area contributed by atoms with Crippen molar-refractivity contribution in [3.63, 3.8) is 0 Å². The van der Waals surface area contributed by atoms with Crippen LogP contribution in [-0.4, -0.2) is 28.0 Å². The maximum Gasteiger partial charge on any atom is 0.306 e. The number of nitrogen functional groups attached to an aromatic ring is 1. The molecule has 0 heterocycles. The molecule has 0 atom stereocenters. The molecule has 1 aromatic carbocycles. The topological polar surface area (TPSA) is 98.5 Å². The van der Waals surface area contributed by atoms with E-state index in [-0.39, 0.29) is 17.9 Å². The van der Waals surface area contributed by atoms with E-state index < -0.39 is 16.0 Å². The molecular formula is C10H12Br2N2O4S. The molecule has 0 radical (unpaired) electrons. The van der Waals surface area contributed by atoms with Crippen molar-refractivity contribution in [2.45, 2.75) is 11.3 Å². The number of nitrogens with two attached hydrogens (primary N) is 1. The monoisotopic (exact) mass is 414 g/mol. The Balaban J connectivity index is 2.92. The molecule has 106 valence electrons. The normalized spacial score (nSPS) is 11.3. The predicted molar refractivity (Wildman–Crippen MR) is 78.1 cm³/mol. The third-order valence-corrected chi connectivity index (χ3v) is 5.48. The van der Waals surface area contributed by atoms with Gasteiger partial charge in [-0.25, -0.2) is 13.1 Å². The molecule has 0 aromatic heterocycles. The Labute approximate surface area is 128 Å². The Morgan fingerprint density at radius 2 is 1.89 bits per heavy atom. The van der Waals surface area contributed by atoms with E-state index in [1.165, 1.54) is 19.2 Å². The molecule has 3 N–H and O–H groups in total. The van der Waals surface area contributed by atoms with Crippen molar-refractivity contribution in [3.8, 4) is 0 Å². The van der Waals surface area contributed by atoms with Crippen molar-refractivity contribution in [2.24, 2.45) is 0 Å². The van der Waals surface area contributed by atoms with E-state index in [2.05, 4.69) is 41.3 Å². The fraction of sp³-hybridized carbons (Fsp3) is 0.300. The van der Waals surface area contributed by atoms with Crippen LogP contribution >= 0.6 is 31.9 Å². The number of anilines is 1. The van der Waals surface area contributed by atoms with Gasteiger partial charge >= 0.3 is 5.97 Å². The van der Waals surface area contributed by atoms with Gasteiger partial charge in [0.25, 0.3) is 0 Å². The number of carbonyl (C=O) groups is 1. The zero-order valence-electron chi connectivity index (χ0n) is 9.94. The number of methoxy groups -OCH3 is 1. The maximum atomic E-state index is 12.1. The summed E-state index contributed by atoms with van der Waals surface area (Å²) in [5.41, 5.74) is 6.02. The Hall–Kier alpha value is -0.640. The molecule has 0 saturated heterocycles. The highest BCUT2D eigenvalue weighted by Gasteiger charge is 2.21. The number of hydrogen-bond donors (Lipinski definition) is 2. The highest BCUT2D eigenvalue weighted by molar-refractivity contribution is 9.11. The molecule has 6 nitrogen and oxygen atoms in total. The summed E-state index contributed by atoms with van der Waals surface area (Å²) in [5.74, 6) is -0.488. The first-order valence-electron chi connectivity index (χ1n) is 5.09. The molecule has 19 heavy (non-hydrogen) atoms. The zero-order chi connectivity index (χ0) is 14.6. The second-order valence-corrected chi connectivity index (χ2v) is 6.95. The van der Waals surface area contributed by atoms with E-state index in [9.17, 15) is 13.2 Å². The summed E-state index contributed by atoms with van der Waals surface area (Å²) in [7, 11) is -2.51. The first-order chi connectivity index (χ1) is 8.77. The summed E-state index contributed by atoms with van der Waals surface area (Å²) < 4.78 is 31.6. The average Bonchev–Trinajstić information content (AvgIpc) is 2.26. The Morgan fingerprint density at radius 1 is 1.37 bits per heavy atom. The highest BCUT2D eigenvalue weighted by atomic mass is 79.9. The smallest absolute Gasteiger partial charge is 0.306 e. The van der Waals surface area contributed by atoms with Crippen LogP contribution in [-0.2, 0) is 19.6 Å². The predicted octanol–water partition coefficient (Wildman–Crippen LogP) is 1.64. The van der Waals surface area contributed by atoms with Crippen LogP contribution in [0.1, 0.15) is 6.42 Å². The number of nitrogens with one attached hydrogen (secondary N) is 1. The number of ether oxygens (including phenoxy) is 1. The van der Waals surface area contributed by atoms with E-state index in [4.69, 9.17) is 5.73 Å². The summed E-state index contributed by atoms with van der Waals surface area (Å²) in [5, 5.41) is 0. The molecule has 0 unspecified atom stereocenters. The SMILES string of the molecule is COC(=O)CCNS(=O)(=O)c1c(Br)cc(N)cc1Br. The van der Waals surface area contributed by atoms with E-state index >= 15 is 0 Å². The van der Waals surface area contributed by atoms with Crippen LogP contribution in [0.15, 0.2) is 26.0 Å². The number of benzene rings is 1. The van der Waals surface area contributed by atoms with Gasteiger partial charge < -0.3 is 10.5 Å². The van der Waals surface area contributed by atoms with Gasteiger partial charge in [-0.2, -0.15) is 0 Å². The van der Waals surface area contributed by atoms with Crippen LogP contribution in [0.4, 0.5) is 5.69 Å². The molecule has 0 spiro atoms. The number of carbonyl (C=O) groups excluding carboxylic acids is 1. The third-order valence-electron chi connectivity index (χ3n) is 2.14. The summed E-state index contributed by atoms with van der Waals surface area (Å²) in [6.45, 7) is -0.0434. The van der Waals surface area contributed by atoms with E-state index in [0.717, 1.165) is 0 Å². The standard InChI is InChI=1S/C10H12Br2N2O4S/c1-18-9(15)2-3-14-19(16,17)10-7(11)4-6(13)5-8(10)12/h4-5,14H,2-3,13H2,1H3. The first kappa shape index (κ1) is 16.4. The van der Waals surface area contributed by atoms with Crippen LogP contribution in [0.25, 0.3) is 0 Å². The molecule has 9 heteroatoms. The van der Waals surface area contributed by atoms with Crippen LogP contribution in [0.5, 0.6) is 0 Å². The summed E-state index contributed by atoms with van der Waals surface area (Å²) in [6, 6.07) is 2.97. The second-order valence-electron chi connectivity index (χ2n) is 3.54. The van der Waals surface area contributed by atoms with Crippen LogP contribution in [0.3, 0.4) is 0 Å². The van der Waals surface area contributed by atoms with Crippen molar-refractivity contribution in [1.29, 1.82) is 0 Å². The van der Waals surface area contributed by atoms with Gasteiger partial charge in [-0.1, -0.05) is 0 Å². The minimum atomic E-state index is -3.75. The minimum absolute atomic E-state index is 0.0339. The van der Waals surface area contributed by atoms with Gasteiger partial charge in [0.1, 0.15) is 4.90 Å². The lowest BCUT2D eigenvalue weighted by atomic mass is 10.3. The number of rotatable bonds is 5. The van der Waals surface area contributed by atoms with Crippen molar-refractivity contribution in [2.75, 3.05) is 19.4 Å². The van der Waals surface area contributed by atoms with Gasteiger partial charge in [0.05, 0.1) is 13.5 Å². The van der Waals surface area contributed by atoms with Crippen LogP contribution in [0, 0.1) is 0 Å². The average molecular weight is 416 g/mol. The number of esters is 1. The van der Waals surface area contributed by atoms with Gasteiger partial charge in [0.2, 0.25) is 10.0 Å². The van der Waals surface area contributed by atoms with Crippen LogP contribution < -0.4 is 10.5 Å². The highest BCUT2D eigenvalue weighted by Crippen LogP contribution is 2.32. The molecule has 0 fully saturated rings. The summed E-state index contributed by atoms with van der Waals surface area (Å²) in [4.78, 5) is 11.0. The third kappa shape index (κ3) is 4.44. The Kier molecular flexibility index (Phi) is 5.78. The van der Waals surface area contributed by atoms with Gasteiger partial charge in [-0.15, -0.1) is 0 Å². The molecule has 0 amide bonds. The zero-order valence-corrected chi connectivity index (χ0v) is 13.9. The molecule has 0 aliphatic carbocycles. The molecule has 0 aliphatic rings. The van der Waals surface area contributed by atoms with Gasteiger partial charge in [0, 0.05) is 21.2 Å². The second kappa shape index (κ2) is 6.69. The Morgan fingerprint density at radius 3 is 2.37 bits per heavy atom. The van der Waals surface area contributed by atoms with Crippen molar-refractivity contribution in [3.05, 3.63) is 21.1 Å². The maximum absolute atomic E-state index is 12.1. The minimum Gasteiger partial charge on any atom is -0.469 e. The Bertz CT molecular complexity index is 566. The van der Waals surface area contributed by atoms with E-state index in [1.807, 2.05) is 0 Å². The quantitative estimate of drug-likeness (QED) is 0.562. The number of sulfonamides is 1. The van der Waals surface area contributed by atoms with Crippen LogP contribution in [0.2, 0.25) is 0 Å². The van der Waals surface area contributed by atoms with Gasteiger partial charge in [-0.05, 0) is 44.0 Å². The lowest BCUT2D eigenvalue weighted by Gasteiger charge is -2.10. The molecule has 0 aliphatic heterocycles. The van der Waals surface area contributed by atoms with Crippen molar-refractivity contribution < 1.29 is 17.9 Å². The van der Waals surface area contributed by atoms with E-state index in [0.29, 0.717) is 14.6 Å². The molecule has 0 saturated carbocycles. The molecule has 0 bridgehead atoms. The fourth-order valence-corrected chi connectivity index (χ4v) is 4.94. The lowest BCUT2D eigenvalue weighted by Crippen LogP contribution is -2.27. The summed E-state index contributed by atoms with van der Waals surface area (Å²) in [6.07, 6.45) is -0.0417. The molecule has 1 rings (SSSR count). The van der Waals surface area contributed by atoms with Gasteiger partial charge in [0.15, 0.2) is 0 Å². The lowest BCUT2D eigenvalue weighted by molar-refractivity contribution is -0.140.